The molecule has 1 N–H and O–H groups in total. The summed E-state index contributed by atoms with van der Waals surface area (Å²) in [6.45, 7) is 9.35. The van der Waals surface area contributed by atoms with Gasteiger partial charge >= 0.3 is 12.2 Å². The summed E-state index contributed by atoms with van der Waals surface area (Å²) in [6, 6.07) is 0.451. The van der Waals surface area contributed by atoms with Gasteiger partial charge < -0.3 is 14.4 Å². The first kappa shape index (κ1) is 19.4. The van der Waals surface area contributed by atoms with E-state index in [-0.39, 0.29) is 18.1 Å². The monoisotopic (exact) mass is 380 g/mol. The highest BCUT2D eigenvalue weighted by Gasteiger charge is 2.35. The first-order valence-electron chi connectivity index (χ1n) is 9.58. The van der Waals surface area contributed by atoms with Gasteiger partial charge in [-0.3, -0.25) is 10.2 Å². The Hall–Kier alpha value is -2.36. The average molecular weight is 380 g/mol. The largest absolute Gasteiger partial charge is 0.450 e. The Kier molecular flexibility index (Phi) is 6.15. The lowest BCUT2D eigenvalue weighted by atomic mass is 9.97. The minimum Gasteiger partial charge on any atom is -0.450 e. The summed E-state index contributed by atoms with van der Waals surface area (Å²) in [5.74, 6) is 1.15. The molecule has 3 rings (SSSR count). The molecule has 0 saturated carbocycles. The zero-order chi connectivity index (χ0) is 19.4. The molecule has 150 valence electrons. The van der Waals surface area contributed by atoms with Crippen LogP contribution in [0.5, 0.6) is 0 Å². The molecule has 0 radical (unpaired) electrons. The second-order valence-corrected chi connectivity index (χ2v) is 6.71. The summed E-state index contributed by atoms with van der Waals surface area (Å²) in [7, 11) is 0. The van der Waals surface area contributed by atoms with Crippen molar-refractivity contribution in [2.24, 2.45) is 0 Å². The predicted molar refractivity (Wildman–Crippen MR) is 97.7 cm³/mol. The van der Waals surface area contributed by atoms with Crippen molar-refractivity contribution >= 4 is 18.1 Å². The quantitative estimate of drug-likeness (QED) is 0.844. The highest BCUT2D eigenvalue weighted by Crippen LogP contribution is 2.29. The van der Waals surface area contributed by atoms with Gasteiger partial charge in [0.1, 0.15) is 5.82 Å². The van der Waals surface area contributed by atoms with Gasteiger partial charge in [0.15, 0.2) is 0 Å². The van der Waals surface area contributed by atoms with Crippen molar-refractivity contribution in [3.8, 4) is 0 Å². The standard InChI is InChI=1S/C17H28N6O4/c1-4-26-16(24)19-15-18-14-7-6-13(12(3)23(14)20-15)21-8-10-22(11-9-21)17(25)27-5-2/h12-13H,4-11H2,1-3H3,(H,19,20,24). The van der Waals surface area contributed by atoms with Crippen LogP contribution in [0.1, 0.15) is 39.1 Å². The number of hydrogen-bond donors (Lipinski definition) is 1. The maximum Gasteiger partial charge on any atom is 0.414 e. The Morgan fingerprint density at radius 1 is 1.15 bits per heavy atom. The van der Waals surface area contributed by atoms with Crippen molar-refractivity contribution in [2.45, 2.75) is 45.7 Å². The molecule has 1 fully saturated rings. The number of aromatic nitrogens is 3. The summed E-state index contributed by atoms with van der Waals surface area (Å²) >= 11 is 0. The number of nitrogens with zero attached hydrogens (tertiary/aromatic N) is 5. The van der Waals surface area contributed by atoms with Crippen LogP contribution in [0.25, 0.3) is 0 Å². The van der Waals surface area contributed by atoms with Crippen molar-refractivity contribution in [1.82, 2.24) is 24.6 Å². The summed E-state index contributed by atoms with van der Waals surface area (Å²) in [6.07, 6.45) is 0.990. The summed E-state index contributed by atoms with van der Waals surface area (Å²) in [4.78, 5) is 32.0. The van der Waals surface area contributed by atoms with E-state index < -0.39 is 6.09 Å². The fourth-order valence-corrected chi connectivity index (χ4v) is 3.78. The Labute approximate surface area is 158 Å². The number of carbonyl (C=O) groups excluding carboxylic acids is 2. The smallest absolute Gasteiger partial charge is 0.414 e. The molecule has 1 aromatic heterocycles. The van der Waals surface area contributed by atoms with Gasteiger partial charge in [-0.25, -0.2) is 14.3 Å². The van der Waals surface area contributed by atoms with Crippen LogP contribution < -0.4 is 5.32 Å². The number of carbonyl (C=O) groups is 2. The van der Waals surface area contributed by atoms with Crippen LogP contribution in [-0.2, 0) is 15.9 Å². The number of aryl methyl sites for hydroxylation is 1. The van der Waals surface area contributed by atoms with E-state index in [0.29, 0.717) is 32.3 Å². The van der Waals surface area contributed by atoms with Crippen LogP contribution in [0.4, 0.5) is 15.5 Å². The molecule has 1 saturated heterocycles. The summed E-state index contributed by atoms with van der Waals surface area (Å²) in [5.41, 5.74) is 0. The fourth-order valence-electron chi connectivity index (χ4n) is 3.78. The molecule has 10 nitrogen and oxygen atoms in total. The Balaban J connectivity index is 1.60. The van der Waals surface area contributed by atoms with E-state index in [1.54, 1.807) is 11.8 Å². The summed E-state index contributed by atoms with van der Waals surface area (Å²) in [5, 5.41) is 7.02. The molecule has 0 aliphatic carbocycles. The maximum absolute atomic E-state index is 11.9. The summed E-state index contributed by atoms with van der Waals surface area (Å²) < 4.78 is 11.9. The van der Waals surface area contributed by atoms with Gasteiger partial charge in [0.2, 0.25) is 0 Å². The molecular formula is C17H28N6O4. The molecule has 10 heteroatoms. The molecule has 0 spiro atoms. The van der Waals surface area contributed by atoms with Crippen molar-refractivity contribution < 1.29 is 19.1 Å². The number of fused-ring (bicyclic) bond motifs is 1. The third kappa shape index (κ3) is 4.32. The number of amides is 2. The van der Waals surface area contributed by atoms with Crippen molar-refractivity contribution in [1.29, 1.82) is 0 Å². The van der Waals surface area contributed by atoms with Gasteiger partial charge in [-0.1, -0.05) is 0 Å². The van der Waals surface area contributed by atoms with Gasteiger partial charge in [-0.05, 0) is 27.2 Å². The van der Waals surface area contributed by atoms with E-state index in [1.807, 2.05) is 11.6 Å². The molecule has 2 unspecified atom stereocenters. The highest BCUT2D eigenvalue weighted by molar-refractivity contribution is 5.82. The van der Waals surface area contributed by atoms with Crippen molar-refractivity contribution in [2.75, 3.05) is 44.7 Å². The average Bonchev–Trinajstić information content (AvgIpc) is 3.06. The van der Waals surface area contributed by atoms with Gasteiger partial charge in [0, 0.05) is 38.6 Å². The Morgan fingerprint density at radius 2 is 1.85 bits per heavy atom. The number of piperazine rings is 1. The molecule has 0 aromatic carbocycles. The molecule has 2 amide bonds. The zero-order valence-corrected chi connectivity index (χ0v) is 16.2. The van der Waals surface area contributed by atoms with E-state index in [1.165, 1.54) is 0 Å². The maximum atomic E-state index is 11.9. The van der Waals surface area contributed by atoms with Crippen LogP contribution in [0, 0.1) is 0 Å². The van der Waals surface area contributed by atoms with Crippen LogP contribution in [0.2, 0.25) is 0 Å². The lowest BCUT2D eigenvalue weighted by Gasteiger charge is -2.42. The van der Waals surface area contributed by atoms with Crippen molar-refractivity contribution in [3.05, 3.63) is 5.82 Å². The zero-order valence-electron chi connectivity index (χ0n) is 16.2. The minimum absolute atomic E-state index is 0.133. The van der Waals surface area contributed by atoms with Crippen LogP contribution >= 0.6 is 0 Å². The normalized spacial score (nSPS) is 22.9. The van der Waals surface area contributed by atoms with Crippen LogP contribution in [0.3, 0.4) is 0 Å². The Bertz CT molecular complexity index is 670. The lowest BCUT2D eigenvalue weighted by molar-refractivity contribution is 0.0473. The van der Waals surface area contributed by atoms with Gasteiger partial charge in [-0.15, -0.1) is 5.10 Å². The second-order valence-electron chi connectivity index (χ2n) is 6.71. The number of anilines is 1. The third-order valence-electron chi connectivity index (χ3n) is 5.11. The number of hydrogen-bond acceptors (Lipinski definition) is 7. The third-order valence-corrected chi connectivity index (χ3v) is 5.11. The van der Waals surface area contributed by atoms with Gasteiger partial charge in [0.25, 0.3) is 5.95 Å². The van der Waals surface area contributed by atoms with E-state index >= 15 is 0 Å². The number of nitrogens with one attached hydrogen (secondary N) is 1. The van der Waals surface area contributed by atoms with Crippen LogP contribution in [0.15, 0.2) is 0 Å². The van der Waals surface area contributed by atoms with E-state index in [0.717, 1.165) is 31.8 Å². The molecule has 2 aliphatic rings. The molecule has 0 bridgehead atoms. The number of ether oxygens (including phenoxy) is 2. The molecule has 2 aliphatic heterocycles. The van der Waals surface area contributed by atoms with Gasteiger partial charge in [-0.2, -0.15) is 4.98 Å². The highest BCUT2D eigenvalue weighted by atomic mass is 16.6. The lowest BCUT2D eigenvalue weighted by Crippen LogP contribution is -2.54. The topological polar surface area (TPSA) is 102 Å². The number of rotatable bonds is 4. The fraction of sp³-hybridized carbons (Fsp3) is 0.765. The molecular weight excluding hydrogens is 352 g/mol. The molecule has 27 heavy (non-hydrogen) atoms. The van der Waals surface area contributed by atoms with E-state index in [9.17, 15) is 9.59 Å². The molecule has 1 aromatic rings. The minimum atomic E-state index is -0.542. The predicted octanol–water partition coefficient (Wildman–Crippen LogP) is 1.50. The molecule has 2 atom stereocenters. The van der Waals surface area contributed by atoms with Gasteiger partial charge in [0.05, 0.1) is 19.3 Å². The van der Waals surface area contributed by atoms with E-state index in [4.69, 9.17) is 9.47 Å². The second kappa shape index (κ2) is 8.55. The SMILES string of the molecule is CCOC(=O)Nc1nc2n(n1)C(C)C(N1CCN(C(=O)OCC)CC1)CC2. The first-order chi connectivity index (χ1) is 13.0. The van der Waals surface area contributed by atoms with Crippen molar-refractivity contribution in [3.63, 3.8) is 0 Å². The van der Waals surface area contributed by atoms with E-state index in [2.05, 4.69) is 27.2 Å². The van der Waals surface area contributed by atoms with Crippen LogP contribution in [-0.4, -0.2) is 82.2 Å². The Morgan fingerprint density at radius 3 is 2.52 bits per heavy atom. The first-order valence-corrected chi connectivity index (χ1v) is 9.58. The molecule has 3 heterocycles.